The third-order valence-corrected chi connectivity index (χ3v) is 4.38. The summed E-state index contributed by atoms with van der Waals surface area (Å²) in [6, 6.07) is 7.00. The standard InChI is InChI=1S/C17H22N4O3/c1-11-20-21-16(24-11)12-6-8-14(9-7-12)18-17(23)19-15-5-3-2-4-13(15)10-22/h6-9,13,15,22H,2-5,10H2,1H3,(H2,18,19,23). The topological polar surface area (TPSA) is 100 Å². The number of rotatable bonds is 4. The number of urea groups is 1. The van der Waals surface area contributed by atoms with Gasteiger partial charge >= 0.3 is 6.03 Å². The molecule has 1 heterocycles. The molecular weight excluding hydrogens is 308 g/mol. The lowest BCUT2D eigenvalue weighted by atomic mass is 9.85. The van der Waals surface area contributed by atoms with Gasteiger partial charge in [-0.15, -0.1) is 10.2 Å². The molecule has 2 atom stereocenters. The van der Waals surface area contributed by atoms with Crippen LogP contribution in [0.3, 0.4) is 0 Å². The summed E-state index contributed by atoms with van der Waals surface area (Å²) in [7, 11) is 0. The molecule has 3 rings (SSSR count). The maximum atomic E-state index is 12.2. The van der Waals surface area contributed by atoms with Crippen LogP contribution in [-0.2, 0) is 0 Å². The van der Waals surface area contributed by atoms with Crippen LogP contribution in [0.25, 0.3) is 11.5 Å². The Balaban J connectivity index is 1.58. The Kier molecular flexibility index (Phi) is 5.10. The van der Waals surface area contributed by atoms with Crippen molar-refractivity contribution < 1.29 is 14.3 Å². The second kappa shape index (κ2) is 7.44. The Hall–Kier alpha value is -2.41. The number of aliphatic hydroxyl groups is 1. The summed E-state index contributed by atoms with van der Waals surface area (Å²) in [6.45, 7) is 1.85. The van der Waals surface area contributed by atoms with E-state index in [2.05, 4.69) is 20.8 Å². The molecule has 0 bridgehead atoms. The molecule has 1 aromatic carbocycles. The van der Waals surface area contributed by atoms with E-state index in [-0.39, 0.29) is 24.6 Å². The van der Waals surface area contributed by atoms with Crippen LogP contribution in [0.4, 0.5) is 10.5 Å². The predicted molar refractivity (Wildman–Crippen MR) is 89.5 cm³/mol. The molecule has 2 amide bonds. The van der Waals surface area contributed by atoms with Gasteiger partial charge in [-0.2, -0.15) is 0 Å². The van der Waals surface area contributed by atoms with Gasteiger partial charge in [0.1, 0.15) is 0 Å². The molecule has 128 valence electrons. The van der Waals surface area contributed by atoms with Crippen molar-refractivity contribution in [3.8, 4) is 11.5 Å². The molecule has 0 saturated heterocycles. The molecule has 0 radical (unpaired) electrons. The first-order valence-electron chi connectivity index (χ1n) is 8.24. The van der Waals surface area contributed by atoms with Gasteiger partial charge in [-0.25, -0.2) is 4.79 Å². The largest absolute Gasteiger partial charge is 0.421 e. The Morgan fingerprint density at radius 3 is 2.67 bits per heavy atom. The maximum absolute atomic E-state index is 12.2. The molecule has 0 spiro atoms. The highest BCUT2D eigenvalue weighted by Gasteiger charge is 2.25. The summed E-state index contributed by atoms with van der Waals surface area (Å²) in [6.07, 6.45) is 4.06. The number of benzene rings is 1. The van der Waals surface area contributed by atoms with E-state index in [4.69, 9.17) is 4.42 Å². The Morgan fingerprint density at radius 1 is 1.25 bits per heavy atom. The zero-order chi connectivity index (χ0) is 16.9. The number of hydrogen-bond acceptors (Lipinski definition) is 5. The molecule has 1 aliphatic carbocycles. The van der Waals surface area contributed by atoms with Gasteiger partial charge in [-0.05, 0) is 37.1 Å². The molecule has 2 aromatic rings. The lowest BCUT2D eigenvalue weighted by Crippen LogP contribution is -2.45. The summed E-state index contributed by atoms with van der Waals surface area (Å²) in [5, 5.41) is 23.0. The monoisotopic (exact) mass is 330 g/mol. The number of carbonyl (C=O) groups is 1. The number of nitrogens with zero attached hydrogens (tertiary/aromatic N) is 2. The van der Waals surface area contributed by atoms with Crippen molar-refractivity contribution in [2.75, 3.05) is 11.9 Å². The summed E-state index contributed by atoms with van der Waals surface area (Å²) in [5.74, 6) is 1.11. The fraction of sp³-hybridized carbons (Fsp3) is 0.471. The van der Waals surface area contributed by atoms with Crippen molar-refractivity contribution in [1.29, 1.82) is 0 Å². The van der Waals surface area contributed by atoms with Crippen molar-refractivity contribution >= 4 is 11.7 Å². The number of carbonyl (C=O) groups excluding carboxylic acids is 1. The number of aromatic nitrogens is 2. The second-order valence-corrected chi connectivity index (χ2v) is 6.14. The van der Waals surface area contributed by atoms with Crippen LogP contribution in [-0.4, -0.2) is 34.0 Å². The van der Waals surface area contributed by atoms with Gasteiger partial charge in [-0.1, -0.05) is 12.8 Å². The zero-order valence-electron chi connectivity index (χ0n) is 13.7. The highest BCUT2D eigenvalue weighted by atomic mass is 16.4. The van der Waals surface area contributed by atoms with Crippen LogP contribution in [0.2, 0.25) is 0 Å². The molecule has 1 fully saturated rings. The molecule has 7 nitrogen and oxygen atoms in total. The first kappa shape index (κ1) is 16.4. The Labute approximate surface area is 140 Å². The van der Waals surface area contributed by atoms with Crippen LogP contribution < -0.4 is 10.6 Å². The molecule has 24 heavy (non-hydrogen) atoms. The Bertz CT molecular complexity index is 683. The molecule has 2 unspecified atom stereocenters. The van der Waals surface area contributed by atoms with E-state index in [1.807, 2.05) is 12.1 Å². The van der Waals surface area contributed by atoms with Crippen LogP contribution in [0, 0.1) is 12.8 Å². The van der Waals surface area contributed by atoms with Crippen molar-refractivity contribution in [1.82, 2.24) is 15.5 Å². The van der Waals surface area contributed by atoms with Gasteiger partial charge in [0.2, 0.25) is 11.8 Å². The molecule has 1 aliphatic rings. The number of aryl methyl sites for hydroxylation is 1. The van der Waals surface area contributed by atoms with E-state index in [1.54, 1.807) is 19.1 Å². The van der Waals surface area contributed by atoms with Gasteiger partial charge in [0.05, 0.1) is 0 Å². The SMILES string of the molecule is Cc1nnc(-c2ccc(NC(=O)NC3CCCCC3CO)cc2)o1. The third-order valence-electron chi connectivity index (χ3n) is 4.38. The average molecular weight is 330 g/mol. The second-order valence-electron chi connectivity index (χ2n) is 6.14. The van der Waals surface area contributed by atoms with E-state index in [9.17, 15) is 9.90 Å². The Morgan fingerprint density at radius 2 is 2.00 bits per heavy atom. The minimum atomic E-state index is -0.248. The van der Waals surface area contributed by atoms with Crippen LogP contribution in [0.15, 0.2) is 28.7 Å². The van der Waals surface area contributed by atoms with Gasteiger partial charge in [0, 0.05) is 36.7 Å². The summed E-state index contributed by atoms with van der Waals surface area (Å²) in [5.41, 5.74) is 1.48. The molecular formula is C17H22N4O3. The first-order valence-corrected chi connectivity index (χ1v) is 8.24. The van der Waals surface area contributed by atoms with Crippen molar-refractivity contribution in [3.63, 3.8) is 0 Å². The van der Waals surface area contributed by atoms with Crippen molar-refractivity contribution in [3.05, 3.63) is 30.2 Å². The zero-order valence-corrected chi connectivity index (χ0v) is 13.7. The first-order chi connectivity index (χ1) is 11.7. The summed E-state index contributed by atoms with van der Waals surface area (Å²) < 4.78 is 5.37. The normalized spacial score (nSPS) is 20.6. The molecule has 1 saturated carbocycles. The van der Waals surface area contributed by atoms with E-state index >= 15 is 0 Å². The van der Waals surface area contributed by atoms with Gasteiger partial charge < -0.3 is 20.2 Å². The lowest BCUT2D eigenvalue weighted by Gasteiger charge is -2.30. The van der Waals surface area contributed by atoms with Gasteiger partial charge in [0.25, 0.3) is 0 Å². The van der Waals surface area contributed by atoms with E-state index in [0.29, 0.717) is 17.5 Å². The van der Waals surface area contributed by atoms with Crippen molar-refractivity contribution in [2.24, 2.45) is 5.92 Å². The van der Waals surface area contributed by atoms with Crippen LogP contribution >= 0.6 is 0 Å². The molecule has 3 N–H and O–H groups in total. The summed E-state index contributed by atoms with van der Waals surface area (Å²) >= 11 is 0. The highest BCUT2D eigenvalue weighted by molar-refractivity contribution is 5.89. The predicted octanol–water partition coefficient (Wildman–Crippen LogP) is 2.72. The van der Waals surface area contributed by atoms with Gasteiger partial charge in [-0.3, -0.25) is 0 Å². The smallest absolute Gasteiger partial charge is 0.319 e. The number of aliphatic hydroxyl groups excluding tert-OH is 1. The molecule has 0 aliphatic heterocycles. The van der Waals surface area contributed by atoms with Crippen molar-refractivity contribution in [2.45, 2.75) is 38.6 Å². The fourth-order valence-corrected chi connectivity index (χ4v) is 3.06. The summed E-state index contributed by atoms with van der Waals surface area (Å²) in [4.78, 5) is 12.2. The minimum absolute atomic E-state index is 0.0318. The van der Waals surface area contributed by atoms with E-state index in [1.165, 1.54) is 0 Å². The number of amides is 2. The highest BCUT2D eigenvalue weighted by Crippen LogP contribution is 2.24. The third kappa shape index (κ3) is 3.91. The quantitative estimate of drug-likeness (QED) is 0.800. The average Bonchev–Trinajstić information content (AvgIpc) is 3.02. The number of nitrogens with one attached hydrogen (secondary N) is 2. The molecule has 7 heteroatoms. The number of anilines is 1. The van der Waals surface area contributed by atoms with Crippen LogP contribution in [0.5, 0.6) is 0 Å². The van der Waals surface area contributed by atoms with E-state index in [0.717, 1.165) is 31.2 Å². The maximum Gasteiger partial charge on any atom is 0.319 e. The van der Waals surface area contributed by atoms with Crippen LogP contribution in [0.1, 0.15) is 31.6 Å². The number of hydrogen-bond donors (Lipinski definition) is 3. The fourth-order valence-electron chi connectivity index (χ4n) is 3.06. The molecule has 1 aromatic heterocycles. The van der Waals surface area contributed by atoms with Gasteiger partial charge in [0.15, 0.2) is 0 Å². The van der Waals surface area contributed by atoms with E-state index < -0.39 is 0 Å². The minimum Gasteiger partial charge on any atom is -0.421 e. The lowest BCUT2D eigenvalue weighted by molar-refractivity contribution is 0.156.